The second kappa shape index (κ2) is 9.96. The van der Waals surface area contributed by atoms with Crippen LogP contribution >= 0.6 is 0 Å². The number of benzene rings is 2. The molecule has 1 unspecified atom stereocenters. The maximum absolute atomic E-state index is 13.5. The maximum atomic E-state index is 13.5. The molecule has 5 rings (SSSR count). The average molecular weight is 522 g/mol. The van der Waals surface area contributed by atoms with Gasteiger partial charge < -0.3 is 0 Å². The number of piperazine rings is 1. The summed E-state index contributed by atoms with van der Waals surface area (Å²) in [7, 11) is -3.67. The van der Waals surface area contributed by atoms with E-state index in [1.54, 1.807) is 33.3 Å². The van der Waals surface area contributed by atoms with Crippen LogP contribution in [0.3, 0.4) is 0 Å². The molecule has 1 fully saturated rings. The van der Waals surface area contributed by atoms with Crippen LogP contribution in [0.2, 0.25) is 0 Å². The minimum absolute atomic E-state index is 0.0945. The molecule has 37 heavy (non-hydrogen) atoms. The van der Waals surface area contributed by atoms with Crippen LogP contribution < -0.4 is 0 Å². The minimum Gasteiger partial charge on any atom is -0.293 e. The molecule has 1 aliphatic rings. The molecule has 9 heteroatoms. The van der Waals surface area contributed by atoms with Crippen LogP contribution in [0.15, 0.2) is 65.8 Å². The summed E-state index contributed by atoms with van der Waals surface area (Å²) in [6, 6.07) is 13.7. The zero-order valence-corrected chi connectivity index (χ0v) is 22.4. The average Bonchev–Trinajstić information content (AvgIpc) is 3.27. The van der Waals surface area contributed by atoms with Crippen molar-refractivity contribution in [2.75, 3.05) is 26.2 Å². The lowest BCUT2D eigenvalue weighted by Gasteiger charge is -2.42. The van der Waals surface area contributed by atoms with Gasteiger partial charge in [-0.2, -0.15) is 9.40 Å². The molecule has 0 N–H and O–H groups in total. The van der Waals surface area contributed by atoms with Crippen LogP contribution in [0, 0.1) is 25.6 Å². The lowest BCUT2D eigenvalue weighted by molar-refractivity contribution is 0.105. The lowest BCUT2D eigenvalue weighted by atomic mass is 9.96. The van der Waals surface area contributed by atoms with Crippen LogP contribution in [-0.4, -0.2) is 58.6 Å². The molecule has 7 nitrogen and oxygen atoms in total. The number of hydrogen-bond acceptors (Lipinski definition) is 5. The van der Waals surface area contributed by atoms with Crippen LogP contribution in [0.4, 0.5) is 4.39 Å². The number of aryl methyl sites for hydroxylation is 2. The molecule has 0 bridgehead atoms. The largest absolute Gasteiger partial charge is 0.293 e. The fraction of sp³-hybridized carbons (Fsp3) is 0.357. The summed E-state index contributed by atoms with van der Waals surface area (Å²) in [6.45, 7) is 10.6. The third-order valence-electron chi connectivity index (χ3n) is 6.96. The van der Waals surface area contributed by atoms with Crippen LogP contribution in [0.1, 0.15) is 36.7 Å². The topological polar surface area (TPSA) is 71.3 Å². The van der Waals surface area contributed by atoms with Crippen molar-refractivity contribution in [2.24, 2.45) is 5.92 Å². The van der Waals surface area contributed by atoms with Crippen LogP contribution in [0.25, 0.3) is 16.6 Å². The van der Waals surface area contributed by atoms with E-state index in [1.165, 1.54) is 18.3 Å². The number of sulfonamides is 1. The molecule has 0 spiro atoms. The Morgan fingerprint density at radius 2 is 1.78 bits per heavy atom. The SMILES string of the molecule is Cc1ccc(S(=O)(=O)N2CCN(CC(C)C)C(c3cc4cnn(-c5ccc(F)cc5)c4cc3C)C2)cn1. The van der Waals surface area contributed by atoms with Crippen molar-refractivity contribution in [1.29, 1.82) is 0 Å². The molecule has 1 saturated heterocycles. The Morgan fingerprint density at radius 3 is 2.46 bits per heavy atom. The summed E-state index contributed by atoms with van der Waals surface area (Å²) in [5.74, 6) is 0.152. The molecular formula is C28H32FN5O2S. The van der Waals surface area contributed by atoms with Gasteiger partial charge in [0.15, 0.2) is 0 Å². The lowest BCUT2D eigenvalue weighted by Crippen LogP contribution is -2.51. The smallest absolute Gasteiger partial charge is 0.244 e. The zero-order valence-electron chi connectivity index (χ0n) is 21.6. The second-order valence-electron chi connectivity index (χ2n) is 10.2. The Hall–Kier alpha value is -3.14. The second-order valence-corrected chi connectivity index (χ2v) is 12.1. The molecule has 0 saturated carbocycles. The Bertz CT molecular complexity index is 1510. The molecule has 1 aliphatic heterocycles. The van der Waals surface area contributed by atoms with E-state index < -0.39 is 10.0 Å². The van der Waals surface area contributed by atoms with Gasteiger partial charge in [-0.05, 0) is 79.4 Å². The number of hydrogen-bond donors (Lipinski definition) is 0. The van der Waals surface area contributed by atoms with Gasteiger partial charge in [-0.1, -0.05) is 13.8 Å². The predicted molar refractivity (Wildman–Crippen MR) is 143 cm³/mol. The van der Waals surface area contributed by atoms with Gasteiger partial charge in [0.05, 0.1) is 17.4 Å². The van der Waals surface area contributed by atoms with Crippen molar-refractivity contribution in [3.05, 3.63) is 83.6 Å². The molecule has 2 aromatic carbocycles. The highest BCUT2D eigenvalue weighted by Crippen LogP contribution is 2.34. The summed E-state index contributed by atoms with van der Waals surface area (Å²) in [5, 5.41) is 5.51. The van der Waals surface area contributed by atoms with Crippen molar-refractivity contribution in [3.8, 4) is 5.69 Å². The molecule has 0 aliphatic carbocycles. The predicted octanol–water partition coefficient (Wildman–Crippen LogP) is 4.88. The monoisotopic (exact) mass is 521 g/mol. The van der Waals surface area contributed by atoms with Gasteiger partial charge in [0.2, 0.25) is 10.0 Å². The molecule has 2 aromatic heterocycles. The summed E-state index contributed by atoms with van der Waals surface area (Å²) >= 11 is 0. The fourth-order valence-corrected chi connectivity index (χ4v) is 6.48. The van der Waals surface area contributed by atoms with E-state index in [-0.39, 0.29) is 16.8 Å². The summed E-state index contributed by atoms with van der Waals surface area (Å²) in [5.41, 5.74) is 4.64. The van der Waals surface area contributed by atoms with E-state index in [0.29, 0.717) is 25.6 Å². The molecular weight excluding hydrogens is 489 g/mol. The van der Waals surface area contributed by atoms with E-state index in [1.807, 2.05) is 13.1 Å². The molecule has 194 valence electrons. The summed E-state index contributed by atoms with van der Waals surface area (Å²) in [6.07, 6.45) is 3.25. The van der Waals surface area contributed by atoms with E-state index in [0.717, 1.165) is 40.0 Å². The van der Waals surface area contributed by atoms with Gasteiger partial charge in [-0.15, -0.1) is 0 Å². The third kappa shape index (κ3) is 5.03. The molecule has 4 aromatic rings. The first-order valence-electron chi connectivity index (χ1n) is 12.5. The van der Waals surface area contributed by atoms with Gasteiger partial charge in [0, 0.05) is 49.5 Å². The Balaban J connectivity index is 1.52. The van der Waals surface area contributed by atoms with Crippen molar-refractivity contribution in [1.82, 2.24) is 24.0 Å². The van der Waals surface area contributed by atoms with Crippen molar-refractivity contribution >= 4 is 20.9 Å². The number of pyridine rings is 1. The normalized spacial score (nSPS) is 17.6. The Morgan fingerprint density at radius 1 is 1.03 bits per heavy atom. The first-order valence-corrected chi connectivity index (χ1v) is 14.0. The zero-order chi connectivity index (χ0) is 26.3. The van der Waals surface area contributed by atoms with Gasteiger partial charge >= 0.3 is 0 Å². The number of rotatable bonds is 6. The van der Waals surface area contributed by atoms with Crippen molar-refractivity contribution in [2.45, 2.75) is 38.6 Å². The van der Waals surface area contributed by atoms with Gasteiger partial charge in [0.1, 0.15) is 10.7 Å². The standard InChI is InChI=1S/C28H32FN5O2S/c1-19(2)17-32-11-12-33(37(35,36)25-10-5-21(4)30-16-25)18-28(32)26-14-22-15-31-34(27(22)13-20(26)3)24-8-6-23(29)7-9-24/h5-10,13-16,19,28H,11-12,17-18H2,1-4H3. The number of aromatic nitrogens is 3. The Labute approximate surface area is 217 Å². The van der Waals surface area contributed by atoms with Gasteiger partial charge in [-0.25, -0.2) is 17.5 Å². The van der Waals surface area contributed by atoms with Gasteiger partial charge in [0.25, 0.3) is 0 Å². The molecule has 1 atom stereocenters. The van der Waals surface area contributed by atoms with Crippen LogP contribution in [0.5, 0.6) is 0 Å². The number of nitrogens with zero attached hydrogens (tertiary/aromatic N) is 5. The minimum atomic E-state index is -3.67. The number of halogens is 1. The van der Waals surface area contributed by atoms with Crippen LogP contribution in [-0.2, 0) is 10.0 Å². The maximum Gasteiger partial charge on any atom is 0.244 e. The van der Waals surface area contributed by atoms with E-state index in [2.05, 4.69) is 47.9 Å². The quantitative estimate of drug-likeness (QED) is 0.362. The Kier molecular flexibility index (Phi) is 6.87. The highest BCUT2D eigenvalue weighted by atomic mass is 32.2. The van der Waals surface area contributed by atoms with E-state index in [9.17, 15) is 12.8 Å². The summed E-state index contributed by atoms with van der Waals surface area (Å²) in [4.78, 5) is 6.82. The van der Waals surface area contributed by atoms with Gasteiger partial charge in [-0.3, -0.25) is 9.88 Å². The first-order chi connectivity index (χ1) is 17.6. The fourth-order valence-electron chi connectivity index (χ4n) is 5.10. The molecule has 3 heterocycles. The van der Waals surface area contributed by atoms with E-state index in [4.69, 9.17) is 0 Å². The van der Waals surface area contributed by atoms with Crippen molar-refractivity contribution < 1.29 is 12.8 Å². The highest BCUT2D eigenvalue weighted by molar-refractivity contribution is 7.89. The first kappa shape index (κ1) is 25.5. The van der Waals surface area contributed by atoms with E-state index >= 15 is 0 Å². The summed E-state index contributed by atoms with van der Waals surface area (Å²) < 4.78 is 43.9. The molecule has 0 amide bonds. The number of fused-ring (bicyclic) bond motifs is 1. The third-order valence-corrected chi connectivity index (χ3v) is 8.81. The highest BCUT2D eigenvalue weighted by Gasteiger charge is 2.36. The van der Waals surface area contributed by atoms with Crippen molar-refractivity contribution in [3.63, 3.8) is 0 Å². The molecule has 0 radical (unpaired) electrons.